The van der Waals surface area contributed by atoms with Gasteiger partial charge in [0, 0.05) is 55.9 Å². The van der Waals surface area contributed by atoms with Crippen LogP contribution >= 0.6 is 0 Å². The number of aliphatic hydroxyl groups is 2. The monoisotopic (exact) mass is 925 g/mol. The van der Waals surface area contributed by atoms with Crippen molar-refractivity contribution in [3.63, 3.8) is 0 Å². The van der Waals surface area contributed by atoms with E-state index in [1.807, 2.05) is 66.7 Å². The quantitative estimate of drug-likeness (QED) is 0.0239. The first-order valence-corrected chi connectivity index (χ1v) is 23.4. The maximum Gasteiger partial charge on any atom is 0.269 e. The van der Waals surface area contributed by atoms with Gasteiger partial charge in [-0.15, -0.1) is 6.58 Å². The van der Waals surface area contributed by atoms with Gasteiger partial charge in [-0.25, -0.2) is 0 Å². The number of nitro groups is 1. The molecular formula is C54H59N3O11. The van der Waals surface area contributed by atoms with Crippen molar-refractivity contribution in [1.82, 2.24) is 4.90 Å². The second-order valence-electron chi connectivity index (χ2n) is 17.5. The van der Waals surface area contributed by atoms with Gasteiger partial charge in [-0.3, -0.25) is 14.9 Å². The summed E-state index contributed by atoms with van der Waals surface area (Å²) in [5, 5.41) is 36.4. The number of benzene rings is 4. The SMILES string of the molecule is C=CCOc1ccc2c(c1)[C@H]1[C@H](CCCCO)[C@@H](CCCCO)C=C3C(=NOCc4ccccc4)C[C@H](N(Cc4ccc5c(c4)OCO5)C(=O)C=Cc4ccc([N+](=O)[O-])cc4)[C@@](OCC=C)(O2)[C@H]31. The molecule has 0 spiro atoms. The Kier molecular flexibility index (Phi) is 15.7. The van der Waals surface area contributed by atoms with Crippen LogP contribution in [0.2, 0.25) is 0 Å². The van der Waals surface area contributed by atoms with Gasteiger partial charge in [0.15, 0.2) is 11.5 Å². The number of carbonyl (C=O) groups is 1. The third kappa shape index (κ3) is 10.5. The minimum Gasteiger partial charge on any atom is -0.490 e. The summed E-state index contributed by atoms with van der Waals surface area (Å²) in [7, 11) is 0. The molecule has 2 aliphatic heterocycles. The molecule has 68 heavy (non-hydrogen) atoms. The standard InChI is InChI=1S/C54H59N3O11/c1-3-28-63-42-22-24-47-45(32-42)52-43(15-9-11-27-59)40(14-8-10-26-58)31-44-46(55-67-35-38-12-6-5-7-13-38)33-50(54(68-47,53(44)52)66-29-4-2)56(34-39-18-23-48-49(30-39)65-36-64-48)51(60)25-19-37-16-20-41(21-17-37)57(61)62/h3-7,12-13,16-25,30-32,40,43,50,52-53,58-59H,1-2,8-11,14-15,26-29,33-36H2/t40-,43+,50-,52+,53+,54+/m0/s1. The number of allylic oxidation sites excluding steroid dienone is 1. The number of unbranched alkanes of at least 4 members (excludes halogenated alkanes) is 2. The summed E-state index contributed by atoms with van der Waals surface area (Å²) in [6, 6.07) is 26.4. The summed E-state index contributed by atoms with van der Waals surface area (Å²) in [4.78, 5) is 34.3. The average Bonchev–Trinajstić information content (AvgIpc) is 3.83. The van der Waals surface area contributed by atoms with E-state index < -0.39 is 22.7 Å². The average molecular weight is 926 g/mol. The Hall–Kier alpha value is -6.74. The van der Waals surface area contributed by atoms with E-state index in [1.165, 1.54) is 18.2 Å². The molecule has 2 heterocycles. The van der Waals surface area contributed by atoms with Crippen molar-refractivity contribution in [3.8, 4) is 23.0 Å². The second-order valence-corrected chi connectivity index (χ2v) is 17.5. The first-order valence-electron chi connectivity index (χ1n) is 23.4. The lowest BCUT2D eigenvalue weighted by atomic mass is 9.55. The number of hydrogen-bond donors (Lipinski definition) is 2. The predicted octanol–water partition coefficient (Wildman–Crippen LogP) is 9.46. The van der Waals surface area contributed by atoms with Crippen LogP contribution in [0.4, 0.5) is 5.69 Å². The summed E-state index contributed by atoms with van der Waals surface area (Å²) >= 11 is 0. The van der Waals surface area contributed by atoms with Crippen LogP contribution in [-0.4, -0.2) is 76.7 Å². The van der Waals surface area contributed by atoms with E-state index >= 15 is 4.79 Å². The van der Waals surface area contributed by atoms with Gasteiger partial charge >= 0.3 is 0 Å². The Bertz CT molecular complexity index is 2510. The van der Waals surface area contributed by atoms with Crippen LogP contribution in [0.1, 0.15) is 73.1 Å². The molecule has 1 fully saturated rings. The molecule has 0 radical (unpaired) electrons. The third-order valence-electron chi connectivity index (χ3n) is 13.2. The highest BCUT2D eigenvalue weighted by Gasteiger charge is 2.65. The number of non-ortho nitro benzene ring substituents is 1. The number of oxime groups is 1. The van der Waals surface area contributed by atoms with Gasteiger partial charge in [-0.05, 0) is 108 Å². The maximum atomic E-state index is 15.3. The van der Waals surface area contributed by atoms with Crippen molar-refractivity contribution in [2.75, 3.05) is 33.2 Å². The van der Waals surface area contributed by atoms with Gasteiger partial charge in [-0.2, -0.15) is 0 Å². The molecule has 0 bridgehead atoms. The van der Waals surface area contributed by atoms with Crippen LogP contribution in [0.3, 0.4) is 0 Å². The number of nitrogens with zero attached hydrogens (tertiary/aromatic N) is 3. The topological polar surface area (TPSA) is 172 Å². The minimum atomic E-state index is -1.53. The first-order chi connectivity index (χ1) is 33.3. The maximum absolute atomic E-state index is 15.3. The highest BCUT2D eigenvalue weighted by atomic mass is 16.7. The Morgan fingerprint density at radius 1 is 0.882 bits per heavy atom. The molecule has 0 unspecified atom stereocenters. The van der Waals surface area contributed by atoms with E-state index in [2.05, 4.69) is 19.2 Å². The number of aliphatic hydroxyl groups excluding tert-OH is 2. The Morgan fingerprint density at radius 2 is 1.63 bits per heavy atom. The molecule has 6 atom stereocenters. The van der Waals surface area contributed by atoms with Crippen molar-refractivity contribution in [2.45, 2.75) is 75.8 Å². The van der Waals surface area contributed by atoms with E-state index in [4.69, 9.17) is 33.7 Å². The second kappa shape index (κ2) is 22.4. The Morgan fingerprint density at radius 3 is 2.38 bits per heavy atom. The van der Waals surface area contributed by atoms with Crippen molar-refractivity contribution >= 4 is 23.4 Å². The lowest BCUT2D eigenvalue weighted by Gasteiger charge is -2.60. The molecular weight excluding hydrogens is 867 g/mol. The molecule has 0 aromatic heterocycles. The molecule has 1 saturated carbocycles. The highest BCUT2D eigenvalue weighted by molar-refractivity contribution is 6.03. The van der Waals surface area contributed by atoms with E-state index in [1.54, 1.807) is 35.3 Å². The van der Waals surface area contributed by atoms with Gasteiger partial charge in [0.25, 0.3) is 5.69 Å². The summed E-state index contributed by atoms with van der Waals surface area (Å²) in [6.45, 7) is 8.82. The lowest BCUT2D eigenvalue weighted by molar-refractivity contribution is -0.384. The molecule has 14 heteroatoms. The van der Waals surface area contributed by atoms with E-state index in [-0.39, 0.29) is 75.5 Å². The molecule has 4 aromatic rings. The van der Waals surface area contributed by atoms with Crippen molar-refractivity contribution < 1.29 is 48.5 Å². The van der Waals surface area contributed by atoms with Gasteiger partial charge in [0.1, 0.15) is 30.8 Å². The summed E-state index contributed by atoms with van der Waals surface area (Å²) < 4.78 is 32.2. The van der Waals surface area contributed by atoms with Gasteiger partial charge < -0.3 is 43.6 Å². The fraction of sp³-hybridized carbons (Fsp3) is 0.370. The molecule has 2 aliphatic carbocycles. The van der Waals surface area contributed by atoms with Crippen molar-refractivity contribution in [2.24, 2.45) is 22.9 Å². The first kappa shape index (κ1) is 47.7. The fourth-order valence-electron chi connectivity index (χ4n) is 10.2. The molecule has 356 valence electrons. The van der Waals surface area contributed by atoms with Crippen LogP contribution in [0, 0.1) is 27.9 Å². The lowest BCUT2D eigenvalue weighted by Crippen LogP contribution is -2.70. The van der Waals surface area contributed by atoms with E-state index in [9.17, 15) is 20.3 Å². The number of amides is 1. The smallest absolute Gasteiger partial charge is 0.269 e. The molecule has 4 aromatic carbocycles. The predicted molar refractivity (Wildman–Crippen MR) is 257 cm³/mol. The number of nitro benzene ring substituents is 1. The number of fused-ring (bicyclic) bond motifs is 3. The molecule has 8 rings (SSSR count). The highest BCUT2D eigenvalue weighted by Crippen LogP contribution is 2.62. The van der Waals surface area contributed by atoms with E-state index in [0.29, 0.717) is 53.7 Å². The van der Waals surface area contributed by atoms with Gasteiger partial charge in [-0.1, -0.05) is 79.2 Å². The van der Waals surface area contributed by atoms with Crippen LogP contribution in [0.15, 0.2) is 139 Å². The summed E-state index contributed by atoms with van der Waals surface area (Å²) in [6.07, 6.45) is 13.4. The van der Waals surface area contributed by atoms with Gasteiger partial charge in [0.05, 0.1) is 23.2 Å². The van der Waals surface area contributed by atoms with Crippen LogP contribution in [0.5, 0.6) is 23.0 Å². The fourth-order valence-corrected chi connectivity index (χ4v) is 10.2. The van der Waals surface area contributed by atoms with Crippen molar-refractivity contribution in [1.29, 1.82) is 0 Å². The molecule has 0 saturated heterocycles. The zero-order valence-electron chi connectivity index (χ0n) is 38.2. The number of ether oxygens (including phenoxy) is 5. The third-order valence-corrected chi connectivity index (χ3v) is 13.2. The minimum absolute atomic E-state index is 0.00304. The van der Waals surface area contributed by atoms with Crippen LogP contribution in [0.25, 0.3) is 6.08 Å². The largest absolute Gasteiger partial charge is 0.490 e. The number of rotatable bonds is 23. The molecule has 14 nitrogen and oxygen atoms in total. The molecule has 1 amide bonds. The number of carbonyl (C=O) groups excluding carboxylic acids is 1. The van der Waals surface area contributed by atoms with Gasteiger partial charge in [0.2, 0.25) is 18.5 Å². The Balaban J connectivity index is 1.33. The zero-order valence-corrected chi connectivity index (χ0v) is 38.2. The van der Waals surface area contributed by atoms with E-state index in [0.717, 1.165) is 47.9 Å². The molecule has 4 aliphatic rings. The molecule has 2 N–H and O–H groups in total. The Labute approximate surface area is 396 Å². The summed E-state index contributed by atoms with van der Waals surface area (Å²) in [5.41, 5.74) is 4.71. The van der Waals surface area contributed by atoms with Crippen molar-refractivity contribution in [3.05, 3.63) is 166 Å². The van der Waals surface area contributed by atoms with Crippen LogP contribution < -0.4 is 18.9 Å². The summed E-state index contributed by atoms with van der Waals surface area (Å²) in [5.74, 6) is -0.297. The van der Waals surface area contributed by atoms with Crippen LogP contribution in [-0.2, 0) is 27.5 Å². The zero-order chi connectivity index (χ0) is 47.5. The normalized spacial score (nSPS) is 22.6. The number of hydrogen-bond acceptors (Lipinski definition) is 12.